The Bertz CT molecular complexity index is 855. The fourth-order valence-electron chi connectivity index (χ4n) is 2.79. The molecular weight excluding hydrogens is 380 g/mol. The zero-order valence-corrected chi connectivity index (χ0v) is 17.8. The molecule has 0 aliphatic carbocycles. The fourth-order valence-corrected chi connectivity index (χ4v) is 2.79. The van der Waals surface area contributed by atoms with E-state index in [2.05, 4.69) is 5.32 Å². The third-order valence-corrected chi connectivity index (χ3v) is 4.37. The molecule has 6 nitrogen and oxygen atoms in total. The Hall–Kier alpha value is -2.99. The molecule has 0 spiro atoms. The van der Waals surface area contributed by atoms with Crippen molar-refractivity contribution in [2.75, 3.05) is 5.32 Å². The Morgan fingerprint density at radius 2 is 1.60 bits per heavy atom. The average Bonchev–Trinajstić information content (AvgIpc) is 2.70. The number of nitrogens with one attached hydrogen (secondary N) is 1. The van der Waals surface area contributed by atoms with Gasteiger partial charge < -0.3 is 15.8 Å². The summed E-state index contributed by atoms with van der Waals surface area (Å²) in [6.45, 7) is 5.31. The number of Topliss-reactive ketones (excluding diaryl/α,β-unsaturated/α-hetero) is 1. The molecular formula is C24H30N2O4. The van der Waals surface area contributed by atoms with Crippen molar-refractivity contribution < 1.29 is 19.1 Å². The second kappa shape index (κ2) is 10.7. The molecule has 0 fully saturated rings. The number of benzene rings is 2. The summed E-state index contributed by atoms with van der Waals surface area (Å²) in [7, 11) is 0. The number of hydrogen-bond donors (Lipinski definition) is 2. The van der Waals surface area contributed by atoms with E-state index < -0.39 is 17.6 Å². The van der Waals surface area contributed by atoms with Gasteiger partial charge in [-0.2, -0.15) is 0 Å². The Balaban J connectivity index is 1.76. The largest absolute Gasteiger partial charge is 0.459 e. The quantitative estimate of drug-likeness (QED) is 0.483. The van der Waals surface area contributed by atoms with Crippen LogP contribution in [-0.2, 0) is 20.7 Å². The van der Waals surface area contributed by atoms with E-state index in [4.69, 9.17) is 10.5 Å². The molecule has 3 N–H and O–H groups in total. The van der Waals surface area contributed by atoms with Gasteiger partial charge in [0.15, 0.2) is 5.78 Å². The van der Waals surface area contributed by atoms with Crippen molar-refractivity contribution in [1.29, 1.82) is 0 Å². The van der Waals surface area contributed by atoms with E-state index in [0.717, 1.165) is 5.56 Å². The first-order valence-electron chi connectivity index (χ1n) is 10.1. The summed E-state index contributed by atoms with van der Waals surface area (Å²) in [5, 5.41) is 2.79. The van der Waals surface area contributed by atoms with Crippen LogP contribution < -0.4 is 11.1 Å². The van der Waals surface area contributed by atoms with Crippen molar-refractivity contribution in [3.8, 4) is 0 Å². The predicted octanol–water partition coefficient (Wildman–Crippen LogP) is 3.89. The molecule has 0 saturated heterocycles. The number of nitrogens with two attached hydrogens (primary N) is 1. The van der Waals surface area contributed by atoms with Crippen molar-refractivity contribution in [2.45, 2.75) is 58.1 Å². The van der Waals surface area contributed by atoms with Gasteiger partial charge in [0.2, 0.25) is 5.91 Å². The zero-order chi connectivity index (χ0) is 22.1. The summed E-state index contributed by atoms with van der Waals surface area (Å²) in [4.78, 5) is 36.2. The molecule has 1 atom stereocenters. The van der Waals surface area contributed by atoms with Gasteiger partial charge >= 0.3 is 5.97 Å². The van der Waals surface area contributed by atoms with Crippen molar-refractivity contribution >= 4 is 23.3 Å². The third kappa shape index (κ3) is 8.17. The average molecular weight is 411 g/mol. The molecule has 0 aliphatic heterocycles. The van der Waals surface area contributed by atoms with Gasteiger partial charge in [0.05, 0.1) is 0 Å². The van der Waals surface area contributed by atoms with Gasteiger partial charge in [-0.15, -0.1) is 0 Å². The monoisotopic (exact) mass is 410 g/mol. The van der Waals surface area contributed by atoms with Gasteiger partial charge in [0.1, 0.15) is 11.6 Å². The number of carbonyl (C=O) groups excluding carboxylic acids is 3. The number of ether oxygens (including phenoxy) is 1. The fraction of sp³-hybridized carbons (Fsp3) is 0.375. The highest BCUT2D eigenvalue weighted by atomic mass is 16.6. The lowest BCUT2D eigenvalue weighted by molar-refractivity contribution is -0.156. The van der Waals surface area contributed by atoms with Crippen LogP contribution in [0, 0.1) is 0 Å². The molecule has 0 aliphatic rings. The molecule has 0 aromatic heterocycles. The minimum Gasteiger partial charge on any atom is -0.459 e. The molecule has 0 saturated carbocycles. The van der Waals surface area contributed by atoms with Crippen LogP contribution in [0.2, 0.25) is 0 Å². The highest BCUT2D eigenvalue weighted by Crippen LogP contribution is 2.14. The van der Waals surface area contributed by atoms with Crippen LogP contribution >= 0.6 is 0 Å². The first-order chi connectivity index (χ1) is 14.1. The van der Waals surface area contributed by atoms with E-state index in [9.17, 15) is 14.4 Å². The summed E-state index contributed by atoms with van der Waals surface area (Å²) in [6, 6.07) is 15.8. The molecule has 0 bridgehead atoms. The SMILES string of the molecule is CC(C)(C)OC(=O)[C@@H](N)CCC(=O)Nc1ccc(CCC(=O)c2ccccc2)cc1. The normalized spacial score (nSPS) is 12.1. The number of hydrogen-bond acceptors (Lipinski definition) is 5. The highest BCUT2D eigenvalue weighted by molar-refractivity contribution is 5.96. The Labute approximate surface area is 177 Å². The Morgan fingerprint density at radius 1 is 0.967 bits per heavy atom. The molecule has 2 rings (SSSR count). The molecule has 0 radical (unpaired) electrons. The number of ketones is 1. The van der Waals surface area contributed by atoms with Gasteiger partial charge in [-0.3, -0.25) is 14.4 Å². The van der Waals surface area contributed by atoms with Gasteiger partial charge in [0.25, 0.3) is 0 Å². The minimum atomic E-state index is -0.834. The van der Waals surface area contributed by atoms with Crippen LogP contribution in [0.1, 0.15) is 56.0 Å². The summed E-state index contributed by atoms with van der Waals surface area (Å²) in [5.74, 6) is -0.625. The Kier molecular flexibility index (Phi) is 8.30. The van der Waals surface area contributed by atoms with Gasteiger partial charge in [-0.25, -0.2) is 0 Å². The van der Waals surface area contributed by atoms with Gasteiger partial charge in [-0.05, 0) is 51.3 Å². The van der Waals surface area contributed by atoms with Crippen molar-refractivity contribution in [1.82, 2.24) is 0 Å². The summed E-state index contributed by atoms with van der Waals surface area (Å²) in [5.41, 5.74) is 7.59. The van der Waals surface area contributed by atoms with Crippen LogP contribution in [0.3, 0.4) is 0 Å². The number of aryl methyl sites for hydroxylation is 1. The number of amides is 1. The molecule has 0 unspecified atom stereocenters. The van der Waals surface area contributed by atoms with Crippen molar-refractivity contribution in [3.05, 3.63) is 65.7 Å². The maximum Gasteiger partial charge on any atom is 0.323 e. The van der Waals surface area contributed by atoms with Crippen LogP contribution in [0.25, 0.3) is 0 Å². The number of esters is 1. The van der Waals surface area contributed by atoms with E-state index in [1.165, 1.54) is 0 Å². The Morgan fingerprint density at radius 3 is 2.20 bits per heavy atom. The lowest BCUT2D eigenvalue weighted by atomic mass is 10.0. The molecule has 160 valence electrons. The first kappa shape index (κ1) is 23.3. The maximum absolute atomic E-state index is 12.2. The second-order valence-corrected chi connectivity index (χ2v) is 8.21. The first-order valence-corrected chi connectivity index (χ1v) is 10.1. The number of rotatable bonds is 9. The number of carbonyl (C=O) groups is 3. The van der Waals surface area contributed by atoms with E-state index in [1.807, 2.05) is 42.5 Å². The standard InChI is InChI=1S/C24H30N2O4/c1-24(2,3)30-23(29)20(25)14-16-22(28)26-19-12-9-17(10-13-19)11-15-21(27)18-7-5-4-6-8-18/h4-10,12-13,20H,11,14-16,25H2,1-3H3,(H,26,28)/t20-/m0/s1. The second-order valence-electron chi connectivity index (χ2n) is 8.21. The summed E-state index contributed by atoms with van der Waals surface area (Å²) in [6.07, 6.45) is 1.39. The molecule has 2 aromatic rings. The van der Waals surface area contributed by atoms with Crippen molar-refractivity contribution in [2.24, 2.45) is 5.73 Å². The van der Waals surface area contributed by atoms with Crippen molar-refractivity contribution in [3.63, 3.8) is 0 Å². The lowest BCUT2D eigenvalue weighted by Gasteiger charge is -2.22. The van der Waals surface area contributed by atoms with Crippen LogP contribution in [0.15, 0.2) is 54.6 Å². The van der Waals surface area contributed by atoms with Gasteiger partial charge in [0, 0.05) is 24.1 Å². The molecule has 2 aromatic carbocycles. The van der Waals surface area contributed by atoms with E-state index in [0.29, 0.717) is 24.1 Å². The van der Waals surface area contributed by atoms with Gasteiger partial charge in [-0.1, -0.05) is 42.5 Å². The molecule has 0 heterocycles. The minimum absolute atomic E-state index is 0.106. The maximum atomic E-state index is 12.2. The lowest BCUT2D eigenvalue weighted by Crippen LogP contribution is -2.37. The predicted molar refractivity (Wildman–Crippen MR) is 117 cm³/mol. The third-order valence-electron chi connectivity index (χ3n) is 4.37. The zero-order valence-electron chi connectivity index (χ0n) is 17.8. The van der Waals surface area contributed by atoms with Crippen LogP contribution in [-0.4, -0.2) is 29.3 Å². The van der Waals surface area contributed by atoms with Crippen LogP contribution in [0.4, 0.5) is 5.69 Å². The molecule has 1 amide bonds. The van der Waals surface area contributed by atoms with E-state index in [1.54, 1.807) is 32.9 Å². The summed E-state index contributed by atoms with van der Waals surface area (Å²) < 4.78 is 5.21. The van der Waals surface area contributed by atoms with E-state index in [-0.39, 0.29) is 24.5 Å². The van der Waals surface area contributed by atoms with Crippen LogP contribution in [0.5, 0.6) is 0 Å². The molecule has 6 heteroatoms. The highest BCUT2D eigenvalue weighted by Gasteiger charge is 2.22. The number of anilines is 1. The molecule has 30 heavy (non-hydrogen) atoms. The summed E-state index contributed by atoms with van der Waals surface area (Å²) >= 11 is 0. The smallest absolute Gasteiger partial charge is 0.323 e. The topological polar surface area (TPSA) is 98.5 Å². The van der Waals surface area contributed by atoms with E-state index >= 15 is 0 Å².